The van der Waals surface area contributed by atoms with Gasteiger partial charge in [0.2, 0.25) is 0 Å². The average Bonchev–Trinajstić information content (AvgIpc) is 2.04. The van der Waals surface area contributed by atoms with Crippen LogP contribution in [0.1, 0.15) is 12.8 Å². The van der Waals surface area contributed by atoms with Crippen molar-refractivity contribution < 1.29 is 40.7 Å². The molecule has 4 nitrogen and oxygen atoms in total. The van der Waals surface area contributed by atoms with Crippen LogP contribution in [0.3, 0.4) is 0 Å². The molecular formula is C7H7F6NO3. The SMILES string of the molecule is O=C(ON[C@H]1C[C@@H](OC(F)(F)F)C1)C(F)(F)F. The van der Waals surface area contributed by atoms with Gasteiger partial charge in [0.05, 0.1) is 6.10 Å². The highest BCUT2D eigenvalue weighted by Gasteiger charge is 2.44. The molecule has 1 N–H and O–H groups in total. The smallest absolute Gasteiger partial charge is 0.363 e. The molecule has 1 fully saturated rings. The van der Waals surface area contributed by atoms with Crippen LogP contribution in [0.15, 0.2) is 0 Å². The van der Waals surface area contributed by atoms with Gasteiger partial charge in [0.1, 0.15) is 0 Å². The van der Waals surface area contributed by atoms with Crippen LogP contribution in [0, 0.1) is 0 Å². The summed E-state index contributed by atoms with van der Waals surface area (Å²) in [5, 5.41) is 0. The summed E-state index contributed by atoms with van der Waals surface area (Å²) in [5.74, 6) is -2.45. The second-order valence-electron chi connectivity index (χ2n) is 3.36. The number of halogens is 6. The number of carbonyl (C=O) groups is 1. The van der Waals surface area contributed by atoms with E-state index in [1.54, 1.807) is 5.48 Å². The first-order valence-corrected chi connectivity index (χ1v) is 4.36. The third-order valence-corrected chi connectivity index (χ3v) is 1.94. The van der Waals surface area contributed by atoms with E-state index >= 15 is 0 Å². The molecule has 0 unspecified atom stereocenters. The Morgan fingerprint density at radius 2 is 1.65 bits per heavy atom. The predicted octanol–water partition coefficient (Wildman–Crippen LogP) is 1.66. The fraction of sp³-hybridized carbons (Fsp3) is 0.857. The van der Waals surface area contributed by atoms with Gasteiger partial charge in [-0.3, -0.25) is 4.74 Å². The van der Waals surface area contributed by atoms with Crippen LogP contribution in [0.25, 0.3) is 0 Å². The molecular weight excluding hydrogens is 260 g/mol. The van der Waals surface area contributed by atoms with E-state index in [1.165, 1.54) is 0 Å². The highest BCUT2D eigenvalue weighted by Crippen LogP contribution is 2.30. The van der Waals surface area contributed by atoms with Crippen molar-refractivity contribution in [2.24, 2.45) is 0 Å². The molecule has 1 saturated carbocycles. The Bertz CT molecular complexity index is 282. The fourth-order valence-corrected chi connectivity index (χ4v) is 1.14. The molecule has 0 aromatic carbocycles. The van der Waals surface area contributed by atoms with Crippen LogP contribution in [0.5, 0.6) is 0 Å². The summed E-state index contributed by atoms with van der Waals surface area (Å²) in [6.45, 7) is 0. The van der Waals surface area contributed by atoms with Gasteiger partial charge in [-0.25, -0.2) is 4.79 Å². The maximum atomic E-state index is 11.6. The summed E-state index contributed by atoms with van der Waals surface area (Å²) in [7, 11) is 0. The number of alkyl halides is 6. The van der Waals surface area contributed by atoms with Crippen LogP contribution in [-0.4, -0.2) is 30.7 Å². The topological polar surface area (TPSA) is 47.6 Å². The van der Waals surface area contributed by atoms with Gasteiger partial charge in [0.25, 0.3) is 0 Å². The normalized spacial score (nSPS) is 25.3. The number of hydroxylamine groups is 1. The minimum atomic E-state index is -5.14. The lowest BCUT2D eigenvalue weighted by molar-refractivity contribution is -0.353. The Hall–Kier alpha value is -1.03. The molecule has 0 bridgehead atoms. The van der Waals surface area contributed by atoms with Gasteiger partial charge in [0, 0.05) is 6.04 Å². The highest BCUT2D eigenvalue weighted by molar-refractivity contribution is 5.75. The molecule has 0 saturated heterocycles. The van der Waals surface area contributed by atoms with E-state index in [0.29, 0.717) is 0 Å². The third kappa shape index (κ3) is 4.77. The summed E-state index contributed by atoms with van der Waals surface area (Å²) < 4.78 is 73.4. The molecule has 100 valence electrons. The number of hydrogen-bond acceptors (Lipinski definition) is 4. The van der Waals surface area contributed by atoms with Gasteiger partial charge in [-0.05, 0) is 12.8 Å². The standard InChI is InChI=1S/C7H7F6NO3/c8-6(9,10)5(15)17-14-3-1-4(2-3)16-7(11,12)13/h3-4,14H,1-2H2/t3-,4+. The molecule has 17 heavy (non-hydrogen) atoms. The van der Waals surface area contributed by atoms with Crippen molar-refractivity contribution >= 4 is 5.97 Å². The van der Waals surface area contributed by atoms with Crippen molar-refractivity contribution in [3.05, 3.63) is 0 Å². The molecule has 0 aromatic rings. The van der Waals surface area contributed by atoms with Gasteiger partial charge in [0.15, 0.2) is 0 Å². The van der Waals surface area contributed by atoms with Crippen molar-refractivity contribution in [2.45, 2.75) is 37.5 Å². The second kappa shape index (κ2) is 4.69. The zero-order valence-corrected chi connectivity index (χ0v) is 8.06. The van der Waals surface area contributed by atoms with E-state index in [0.717, 1.165) is 0 Å². The molecule has 0 spiro atoms. The van der Waals surface area contributed by atoms with Gasteiger partial charge < -0.3 is 4.84 Å². The quantitative estimate of drug-likeness (QED) is 0.624. The van der Waals surface area contributed by atoms with Crippen LogP contribution >= 0.6 is 0 Å². The van der Waals surface area contributed by atoms with Crippen molar-refractivity contribution in [2.75, 3.05) is 0 Å². The lowest BCUT2D eigenvalue weighted by Crippen LogP contribution is -2.48. The van der Waals surface area contributed by atoms with Crippen LogP contribution in [-0.2, 0) is 14.4 Å². The minimum absolute atomic E-state index is 0.190. The van der Waals surface area contributed by atoms with Crippen molar-refractivity contribution in [3.8, 4) is 0 Å². The van der Waals surface area contributed by atoms with Crippen LogP contribution in [0.2, 0.25) is 0 Å². The largest absolute Gasteiger partial charge is 0.522 e. The number of carbonyl (C=O) groups excluding carboxylic acids is 1. The average molecular weight is 267 g/mol. The minimum Gasteiger partial charge on any atom is -0.363 e. The number of rotatable bonds is 3. The van der Waals surface area contributed by atoms with Gasteiger partial charge >= 0.3 is 18.5 Å². The van der Waals surface area contributed by atoms with E-state index in [1.807, 2.05) is 0 Å². The summed E-state index contributed by atoms with van der Waals surface area (Å²) >= 11 is 0. The number of ether oxygens (including phenoxy) is 1. The molecule has 1 rings (SSSR count). The monoisotopic (exact) mass is 267 g/mol. The fourth-order valence-electron chi connectivity index (χ4n) is 1.14. The maximum Gasteiger partial charge on any atom is 0.522 e. The lowest BCUT2D eigenvalue weighted by atomic mass is 9.90. The van der Waals surface area contributed by atoms with E-state index in [4.69, 9.17) is 0 Å². The molecule has 0 aromatic heterocycles. The number of hydrogen-bond donors (Lipinski definition) is 1. The molecule has 0 amide bonds. The van der Waals surface area contributed by atoms with Gasteiger partial charge in [-0.1, -0.05) is 0 Å². The maximum absolute atomic E-state index is 11.6. The van der Waals surface area contributed by atoms with Crippen LogP contribution < -0.4 is 5.48 Å². The molecule has 1 aliphatic rings. The summed E-state index contributed by atoms with van der Waals surface area (Å²) in [4.78, 5) is 13.8. The molecule has 1 aliphatic carbocycles. The first-order valence-electron chi connectivity index (χ1n) is 4.36. The van der Waals surface area contributed by atoms with Crippen molar-refractivity contribution in [3.63, 3.8) is 0 Å². The summed E-state index contributed by atoms with van der Waals surface area (Å²) in [6, 6.07) is -0.770. The Labute approximate surface area is 90.8 Å². The lowest BCUT2D eigenvalue weighted by Gasteiger charge is -2.34. The Morgan fingerprint density at radius 3 is 2.06 bits per heavy atom. The molecule has 0 aliphatic heterocycles. The third-order valence-electron chi connectivity index (χ3n) is 1.94. The first kappa shape index (κ1) is 14.0. The van der Waals surface area contributed by atoms with E-state index in [2.05, 4.69) is 9.57 Å². The van der Waals surface area contributed by atoms with Gasteiger partial charge in [-0.15, -0.1) is 18.7 Å². The Kier molecular flexibility index (Phi) is 3.87. The second-order valence-corrected chi connectivity index (χ2v) is 3.36. The number of nitrogens with one attached hydrogen (secondary N) is 1. The Balaban J connectivity index is 2.16. The van der Waals surface area contributed by atoms with Crippen molar-refractivity contribution in [1.29, 1.82) is 0 Å². The van der Waals surface area contributed by atoms with Crippen molar-refractivity contribution in [1.82, 2.24) is 5.48 Å². The summed E-state index contributed by atoms with van der Waals surface area (Å²) in [5.41, 5.74) is 1.72. The highest BCUT2D eigenvalue weighted by atomic mass is 19.4. The summed E-state index contributed by atoms with van der Waals surface area (Å²) in [6.07, 6.45) is -11.4. The van der Waals surface area contributed by atoms with E-state index < -0.39 is 30.7 Å². The van der Waals surface area contributed by atoms with E-state index in [9.17, 15) is 31.1 Å². The van der Waals surface area contributed by atoms with Crippen LogP contribution in [0.4, 0.5) is 26.3 Å². The van der Waals surface area contributed by atoms with E-state index in [-0.39, 0.29) is 12.8 Å². The molecule has 0 heterocycles. The molecule has 0 atom stereocenters. The molecule has 10 heteroatoms. The van der Waals surface area contributed by atoms with Gasteiger partial charge in [-0.2, -0.15) is 13.2 Å². The predicted molar refractivity (Wildman–Crippen MR) is 39.2 cm³/mol. The molecule has 0 radical (unpaired) electrons. The first-order chi connectivity index (χ1) is 7.58. The zero-order chi connectivity index (χ0) is 13.3. The Morgan fingerprint density at radius 1 is 1.12 bits per heavy atom. The zero-order valence-electron chi connectivity index (χ0n) is 8.06.